The highest BCUT2D eigenvalue weighted by Crippen LogP contribution is 2.39. The van der Waals surface area contributed by atoms with Crippen molar-refractivity contribution in [1.29, 1.82) is 0 Å². The van der Waals surface area contributed by atoms with Crippen molar-refractivity contribution in [2.75, 3.05) is 18.1 Å². The summed E-state index contributed by atoms with van der Waals surface area (Å²) in [6, 6.07) is 0.959. The number of likely N-dealkylation sites (tertiary alicyclic amines) is 1. The number of hydrogen-bond donors (Lipinski definition) is 2. The molecule has 0 aromatic heterocycles. The minimum Gasteiger partial charge on any atom is -0.390 e. The molecule has 2 aliphatic rings. The number of aliphatic hydroxyl groups is 1. The van der Waals surface area contributed by atoms with Gasteiger partial charge in [-0.25, -0.2) is 4.79 Å². The van der Waals surface area contributed by atoms with Crippen LogP contribution in [0, 0.1) is 5.92 Å². The second-order valence-electron chi connectivity index (χ2n) is 7.20. The summed E-state index contributed by atoms with van der Waals surface area (Å²) in [4.78, 5) is 14.5. The van der Waals surface area contributed by atoms with Gasteiger partial charge in [0.15, 0.2) is 0 Å². The first-order valence-corrected chi connectivity index (χ1v) is 9.40. The smallest absolute Gasteiger partial charge is 0.317 e. The summed E-state index contributed by atoms with van der Waals surface area (Å²) in [5.41, 5.74) is -0.631. The zero-order chi connectivity index (χ0) is 15.5. The molecule has 2 amide bonds. The fraction of sp³-hybridized carbons (Fsp3) is 0.938. The number of carbonyl (C=O) groups is 1. The van der Waals surface area contributed by atoms with E-state index in [1.165, 1.54) is 32.1 Å². The van der Waals surface area contributed by atoms with Crippen molar-refractivity contribution >= 4 is 17.8 Å². The second-order valence-corrected chi connectivity index (χ2v) is 8.31. The number of hydrogen-bond acceptors (Lipinski definition) is 3. The van der Waals surface area contributed by atoms with E-state index in [4.69, 9.17) is 0 Å². The van der Waals surface area contributed by atoms with Gasteiger partial charge in [-0.15, -0.1) is 0 Å². The van der Waals surface area contributed by atoms with Crippen LogP contribution >= 0.6 is 11.8 Å². The molecule has 1 saturated heterocycles. The molecule has 2 N–H and O–H groups in total. The Bertz CT molecular complexity index is 357. The topological polar surface area (TPSA) is 52.6 Å². The molecule has 4 nitrogen and oxygen atoms in total. The van der Waals surface area contributed by atoms with Gasteiger partial charge in [-0.3, -0.25) is 0 Å². The van der Waals surface area contributed by atoms with E-state index >= 15 is 0 Å². The fourth-order valence-electron chi connectivity index (χ4n) is 3.70. The Hall–Kier alpha value is -0.420. The van der Waals surface area contributed by atoms with E-state index in [1.54, 1.807) is 11.8 Å². The van der Waals surface area contributed by atoms with E-state index in [-0.39, 0.29) is 6.03 Å². The molecule has 2 rings (SSSR count). The summed E-state index contributed by atoms with van der Waals surface area (Å²) >= 11 is 1.69. The Morgan fingerprint density at radius 2 is 2.10 bits per heavy atom. The normalized spacial score (nSPS) is 29.3. The summed E-state index contributed by atoms with van der Waals surface area (Å²) in [6.45, 7) is 6.49. The lowest BCUT2D eigenvalue weighted by molar-refractivity contribution is 0.107. The van der Waals surface area contributed by atoms with Gasteiger partial charge in [0.05, 0.1) is 5.60 Å². The Labute approximate surface area is 133 Å². The number of rotatable bonds is 5. The molecule has 21 heavy (non-hydrogen) atoms. The van der Waals surface area contributed by atoms with Crippen molar-refractivity contribution in [3.63, 3.8) is 0 Å². The summed E-state index contributed by atoms with van der Waals surface area (Å²) < 4.78 is 0. The average Bonchev–Trinajstić information content (AvgIpc) is 2.72. The molecule has 0 aromatic carbocycles. The molecule has 0 aromatic rings. The van der Waals surface area contributed by atoms with Crippen molar-refractivity contribution in [2.45, 2.75) is 70.6 Å². The van der Waals surface area contributed by atoms with E-state index in [2.05, 4.69) is 17.1 Å². The van der Waals surface area contributed by atoms with Gasteiger partial charge in [0.25, 0.3) is 0 Å². The van der Waals surface area contributed by atoms with Crippen LogP contribution in [-0.2, 0) is 0 Å². The molecular formula is C16H30N2O2S. The summed E-state index contributed by atoms with van der Waals surface area (Å²) in [5, 5.41) is 12.7. The lowest BCUT2D eigenvalue weighted by Crippen LogP contribution is -2.48. The van der Waals surface area contributed by atoms with Crippen LogP contribution in [-0.4, -0.2) is 51.8 Å². The molecule has 2 fully saturated rings. The van der Waals surface area contributed by atoms with E-state index in [0.29, 0.717) is 24.4 Å². The number of nitrogens with zero attached hydrogens (tertiary/aromatic N) is 1. The molecule has 5 heteroatoms. The fourth-order valence-corrected chi connectivity index (χ4v) is 4.59. The highest BCUT2D eigenvalue weighted by Gasteiger charge is 2.42. The molecule has 0 radical (unpaired) electrons. The molecule has 0 unspecified atom stereocenters. The number of fused-ring (bicyclic) bond motifs is 1. The highest BCUT2D eigenvalue weighted by atomic mass is 32.2. The van der Waals surface area contributed by atoms with Gasteiger partial charge < -0.3 is 15.3 Å². The highest BCUT2D eigenvalue weighted by molar-refractivity contribution is 7.99. The van der Waals surface area contributed by atoms with Crippen LogP contribution in [0.25, 0.3) is 0 Å². The molecule has 0 bridgehead atoms. The standard InChI is InChI=1S/C16H30N2O2S/c1-12-10-13-6-4-5-7-14(13)18(12)15(19)17-8-9-21-11-16(2,3)20/h12-14,20H,4-11H2,1-3H3,(H,17,19)/t12-,13-,14+/m1/s1. The van der Waals surface area contributed by atoms with E-state index in [0.717, 1.165) is 11.7 Å². The lowest BCUT2D eigenvalue weighted by Gasteiger charge is -2.33. The largest absolute Gasteiger partial charge is 0.390 e. The van der Waals surface area contributed by atoms with Crippen molar-refractivity contribution in [3.8, 4) is 0 Å². The maximum atomic E-state index is 12.4. The first kappa shape index (κ1) is 16.9. The molecule has 0 spiro atoms. The van der Waals surface area contributed by atoms with Crippen LogP contribution in [0.5, 0.6) is 0 Å². The van der Waals surface area contributed by atoms with Gasteiger partial charge in [-0.2, -0.15) is 11.8 Å². The van der Waals surface area contributed by atoms with Gasteiger partial charge in [-0.1, -0.05) is 12.8 Å². The Kier molecular flexibility index (Phi) is 5.83. The van der Waals surface area contributed by atoms with Crippen LogP contribution in [0.1, 0.15) is 52.9 Å². The van der Waals surface area contributed by atoms with E-state index in [1.807, 2.05) is 13.8 Å². The molecule has 122 valence electrons. The predicted molar refractivity (Wildman–Crippen MR) is 88.7 cm³/mol. The van der Waals surface area contributed by atoms with E-state index < -0.39 is 5.60 Å². The number of urea groups is 1. The SMILES string of the molecule is C[C@@H]1C[C@H]2CCCC[C@@H]2N1C(=O)NCCSCC(C)(C)O. The van der Waals surface area contributed by atoms with Crippen LogP contribution in [0.15, 0.2) is 0 Å². The van der Waals surface area contributed by atoms with Crippen molar-refractivity contribution in [2.24, 2.45) is 5.92 Å². The molecule has 1 aliphatic heterocycles. The third kappa shape index (κ3) is 4.78. The van der Waals surface area contributed by atoms with Crippen molar-refractivity contribution in [3.05, 3.63) is 0 Å². The van der Waals surface area contributed by atoms with Crippen LogP contribution in [0.4, 0.5) is 4.79 Å². The molecule has 1 aliphatic carbocycles. The molecular weight excluding hydrogens is 284 g/mol. The van der Waals surface area contributed by atoms with Crippen LogP contribution in [0.3, 0.4) is 0 Å². The van der Waals surface area contributed by atoms with Crippen LogP contribution in [0.2, 0.25) is 0 Å². The maximum Gasteiger partial charge on any atom is 0.317 e. The van der Waals surface area contributed by atoms with E-state index in [9.17, 15) is 9.90 Å². The zero-order valence-electron chi connectivity index (χ0n) is 13.6. The third-order valence-corrected chi connectivity index (χ3v) is 5.96. The molecule has 3 atom stereocenters. The van der Waals surface area contributed by atoms with Crippen molar-refractivity contribution in [1.82, 2.24) is 10.2 Å². The molecule has 1 heterocycles. The number of carbonyl (C=O) groups excluding carboxylic acids is 1. The van der Waals surface area contributed by atoms with Gasteiger partial charge in [-0.05, 0) is 46.0 Å². The van der Waals surface area contributed by atoms with Gasteiger partial charge in [0.1, 0.15) is 0 Å². The Morgan fingerprint density at radius 1 is 1.38 bits per heavy atom. The summed E-state index contributed by atoms with van der Waals surface area (Å²) in [6.07, 6.45) is 6.23. The monoisotopic (exact) mass is 314 g/mol. The molecule has 1 saturated carbocycles. The predicted octanol–water partition coefficient (Wildman–Crippen LogP) is 2.85. The first-order valence-electron chi connectivity index (χ1n) is 8.25. The minimum atomic E-state index is -0.631. The number of amides is 2. The first-order chi connectivity index (χ1) is 9.88. The van der Waals surface area contributed by atoms with Gasteiger partial charge in [0, 0.05) is 30.1 Å². The lowest BCUT2D eigenvalue weighted by atomic mass is 9.85. The van der Waals surface area contributed by atoms with Crippen molar-refractivity contribution < 1.29 is 9.90 Å². The third-order valence-electron chi connectivity index (χ3n) is 4.56. The Morgan fingerprint density at radius 3 is 2.81 bits per heavy atom. The second kappa shape index (κ2) is 7.23. The maximum absolute atomic E-state index is 12.4. The summed E-state index contributed by atoms with van der Waals surface area (Å²) in [7, 11) is 0. The van der Waals surface area contributed by atoms with Gasteiger partial charge >= 0.3 is 6.03 Å². The Balaban J connectivity index is 1.72. The number of nitrogens with one attached hydrogen (secondary N) is 1. The zero-order valence-corrected chi connectivity index (χ0v) is 14.4. The summed E-state index contributed by atoms with van der Waals surface area (Å²) in [5.74, 6) is 2.28. The minimum absolute atomic E-state index is 0.112. The van der Waals surface area contributed by atoms with Gasteiger partial charge in [0.2, 0.25) is 0 Å². The number of thioether (sulfide) groups is 1. The van der Waals surface area contributed by atoms with Crippen LogP contribution < -0.4 is 5.32 Å². The average molecular weight is 314 g/mol. The quantitative estimate of drug-likeness (QED) is 0.767.